The van der Waals surface area contributed by atoms with Gasteiger partial charge in [-0.15, -0.1) is 0 Å². The van der Waals surface area contributed by atoms with Gasteiger partial charge in [0.15, 0.2) is 0 Å². The number of carbonyl (C=O) groups is 2. The fraction of sp³-hybridized carbons (Fsp3) is 0.312. The highest BCUT2D eigenvalue weighted by molar-refractivity contribution is 6.07. The van der Waals surface area contributed by atoms with Crippen molar-refractivity contribution in [3.8, 4) is 0 Å². The number of carbonyl (C=O) groups excluding carboxylic acids is 2. The molecule has 1 aliphatic rings. The molecule has 1 saturated heterocycles. The molecule has 2 atom stereocenters. The lowest BCUT2D eigenvalue weighted by Crippen LogP contribution is -2.59. The number of amides is 2. The minimum atomic E-state index is -0.0372. The van der Waals surface area contributed by atoms with E-state index in [1.165, 1.54) is 0 Å². The highest BCUT2D eigenvalue weighted by atomic mass is 16.2. The van der Waals surface area contributed by atoms with Gasteiger partial charge >= 0.3 is 0 Å². The number of nitrogens with zero attached hydrogens (tertiary/aromatic N) is 2. The fourth-order valence-corrected chi connectivity index (χ4v) is 5.57. The second-order valence-corrected chi connectivity index (χ2v) is 9.92. The number of nitrogens with one attached hydrogen (secondary N) is 2. The summed E-state index contributed by atoms with van der Waals surface area (Å²) in [7, 11) is 0. The topological polar surface area (TPSA) is 64.7 Å². The van der Waals surface area contributed by atoms with Crippen molar-refractivity contribution in [2.45, 2.75) is 39.0 Å². The predicted molar refractivity (Wildman–Crippen MR) is 154 cm³/mol. The zero-order valence-corrected chi connectivity index (χ0v) is 22.2. The van der Waals surface area contributed by atoms with E-state index in [4.69, 9.17) is 0 Å². The number of hydrogen-bond donors (Lipinski definition) is 2. The van der Waals surface area contributed by atoms with Crippen LogP contribution in [0, 0.1) is 0 Å². The molecular formula is C32H36N4O2. The molecule has 0 spiro atoms. The van der Waals surface area contributed by atoms with Crippen molar-refractivity contribution in [2.24, 2.45) is 0 Å². The summed E-state index contributed by atoms with van der Waals surface area (Å²) in [6.07, 6.45) is 1.58. The van der Waals surface area contributed by atoms with Crippen LogP contribution < -0.4 is 10.6 Å². The Morgan fingerprint density at radius 2 is 0.974 bits per heavy atom. The molecular weight excluding hydrogens is 472 g/mol. The van der Waals surface area contributed by atoms with Crippen molar-refractivity contribution in [2.75, 3.05) is 26.2 Å². The Morgan fingerprint density at radius 3 is 1.37 bits per heavy atom. The maximum absolute atomic E-state index is 13.2. The standard InChI is InChI=1S/C32H36N4O2/c1-3-29(33-31(37)27-17-9-13-23-11-5-7-15-25(23)27)35-19-21-36(22-20-35)30(4-2)34-32(38)28-18-10-14-24-12-6-8-16-26(24)28/h5-18,29-30H,3-4,19-22H2,1-2H3,(H,33,37)(H,34,38). The van der Waals surface area contributed by atoms with E-state index in [1.54, 1.807) is 0 Å². The van der Waals surface area contributed by atoms with Gasteiger partial charge in [0.1, 0.15) is 0 Å². The maximum atomic E-state index is 13.2. The van der Waals surface area contributed by atoms with Gasteiger partial charge in [0, 0.05) is 37.3 Å². The van der Waals surface area contributed by atoms with Crippen LogP contribution in [-0.2, 0) is 0 Å². The van der Waals surface area contributed by atoms with E-state index in [0.717, 1.165) is 60.6 Å². The Morgan fingerprint density at radius 1 is 0.605 bits per heavy atom. The average Bonchev–Trinajstić information content (AvgIpc) is 2.98. The van der Waals surface area contributed by atoms with Crippen molar-refractivity contribution in [1.82, 2.24) is 20.4 Å². The van der Waals surface area contributed by atoms with Crippen LogP contribution in [-0.4, -0.2) is 60.1 Å². The first kappa shape index (κ1) is 25.9. The third-order valence-electron chi connectivity index (χ3n) is 7.67. The van der Waals surface area contributed by atoms with Gasteiger partial charge in [0.05, 0.1) is 12.3 Å². The van der Waals surface area contributed by atoms with Gasteiger partial charge in [-0.2, -0.15) is 0 Å². The highest BCUT2D eigenvalue weighted by Crippen LogP contribution is 2.21. The summed E-state index contributed by atoms with van der Waals surface area (Å²) in [5.74, 6) is -0.0743. The van der Waals surface area contributed by atoms with Gasteiger partial charge in [0.2, 0.25) is 0 Å². The van der Waals surface area contributed by atoms with Gasteiger partial charge in [-0.05, 0) is 46.5 Å². The van der Waals surface area contributed by atoms with Crippen molar-refractivity contribution in [3.05, 3.63) is 96.1 Å². The Labute approximate surface area is 224 Å². The lowest BCUT2D eigenvalue weighted by Gasteiger charge is -2.42. The molecule has 2 unspecified atom stereocenters. The first-order chi connectivity index (χ1) is 18.6. The lowest BCUT2D eigenvalue weighted by molar-refractivity contribution is 0.0406. The van der Waals surface area contributed by atoms with Gasteiger partial charge < -0.3 is 10.6 Å². The lowest BCUT2D eigenvalue weighted by atomic mass is 10.0. The van der Waals surface area contributed by atoms with E-state index < -0.39 is 0 Å². The number of fused-ring (bicyclic) bond motifs is 2. The molecule has 0 radical (unpaired) electrons. The second-order valence-electron chi connectivity index (χ2n) is 9.92. The van der Waals surface area contributed by atoms with Crippen LogP contribution in [0.2, 0.25) is 0 Å². The summed E-state index contributed by atoms with van der Waals surface area (Å²) >= 11 is 0. The Balaban J connectivity index is 1.21. The quantitative estimate of drug-likeness (QED) is 0.342. The Hall–Kier alpha value is -3.74. The molecule has 1 fully saturated rings. The van der Waals surface area contributed by atoms with E-state index in [2.05, 4.69) is 34.3 Å². The van der Waals surface area contributed by atoms with E-state index in [-0.39, 0.29) is 24.1 Å². The SMILES string of the molecule is CCC(NC(=O)c1cccc2ccccc12)N1CCN(C(CC)NC(=O)c2cccc3ccccc23)CC1. The van der Waals surface area contributed by atoms with Crippen LogP contribution in [0.15, 0.2) is 84.9 Å². The van der Waals surface area contributed by atoms with E-state index in [9.17, 15) is 9.59 Å². The number of benzene rings is 4. The molecule has 0 bridgehead atoms. The number of hydrogen-bond acceptors (Lipinski definition) is 4. The Bertz CT molecular complexity index is 1310. The average molecular weight is 509 g/mol. The van der Waals surface area contributed by atoms with Gasteiger partial charge in [-0.1, -0.05) is 86.6 Å². The molecule has 4 aromatic carbocycles. The molecule has 5 rings (SSSR count). The van der Waals surface area contributed by atoms with E-state index in [0.29, 0.717) is 11.1 Å². The third kappa shape index (κ3) is 5.42. The van der Waals surface area contributed by atoms with Gasteiger partial charge in [-0.25, -0.2) is 0 Å². The zero-order chi connectivity index (χ0) is 26.5. The van der Waals surface area contributed by atoms with Crippen molar-refractivity contribution < 1.29 is 9.59 Å². The van der Waals surface area contributed by atoms with E-state index in [1.807, 2.05) is 84.9 Å². The predicted octanol–water partition coefficient (Wildman–Crippen LogP) is 5.24. The number of piperazine rings is 1. The molecule has 6 heteroatoms. The van der Waals surface area contributed by atoms with Crippen molar-refractivity contribution in [3.63, 3.8) is 0 Å². The normalized spacial score (nSPS) is 16.3. The summed E-state index contributed by atoms with van der Waals surface area (Å²) in [5.41, 5.74) is 1.42. The summed E-state index contributed by atoms with van der Waals surface area (Å²) in [6, 6.07) is 27.7. The van der Waals surface area contributed by atoms with Crippen molar-refractivity contribution >= 4 is 33.4 Å². The van der Waals surface area contributed by atoms with Gasteiger partial charge in [0.25, 0.3) is 11.8 Å². The summed E-state index contributed by atoms with van der Waals surface area (Å²) in [5, 5.41) is 10.6. The molecule has 4 aromatic rings. The third-order valence-corrected chi connectivity index (χ3v) is 7.67. The van der Waals surface area contributed by atoms with Crippen LogP contribution in [0.1, 0.15) is 47.4 Å². The van der Waals surface area contributed by atoms with Crippen LogP contribution in [0.5, 0.6) is 0 Å². The van der Waals surface area contributed by atoms with E-state index >= 15 is 0 Å². The molecule has 196 valence electrons. The van der Waals surface area contributed by atoms with Gasteiger partial charge in [-0.3, -0.25) is 19.4 Å². The first-order valence-corrected chi connectivity index (χ1v) is 13.6. The molecule has 6 nitrogen and oxygen atoms in total. The monoisotopic (exact) mass is 508 g/mol. The van der Waals surface area contributed by atoms with Crippen LogP contribution >= 0.6 is 0 Å². The Kier molecular flexibility index (Phi) is 8.01. The highest BCUT2D eigenvalue weighted by Gasteiger charge is 2.28. The van der Waals surface area contributed by atoms with Crippen molar-refractivity contribution in [1.29, 1.82) is 0 Å². The fourth-order valence-electron chi connectivity index (χ4n) is 5.57. The molecule has 0 aromatic heterocycles. The number of rotatable bonds is 8. The first-order valence-electron chi connectivity index (χ1n) is 13.6. The summed E-state index contributed by atoms with van der Waals surface area (Å²) in [6.45, 7) is 7.53. The molecule has 1 aliphatic heterocycles. The van der Waals surface area contributed by atoms with Crippen LogP contribution in [0.25, 0.3) is 21.5 Å². The maximum Gasteiger partial charge on any atom is 0.253 e. The molecule has 1 heterocycles. The minimum absolute atomic E-state index is 0.0334. The van der Waals surface area contributed by atoms with Crippen LogP contribution in [0.4, 0.5) is 0 Å². The summed E-state index contributed by atoms with van der Waals surface area (Å²) in [4.78, 5) is 31.2. The molecule has 2 N–H and O–H groups in total. The summed E-state index contributed by atoms with van der Waals surface area (Å²) < 4.78 is 0. The molecule has 2 amide bonds. The zero-order valence-electron chi connectivity index (χ0n) is 22.2. The van der Waals surface area contributed by atoms with Crippen LogP contribution in [0.3, 0.4) is 0 Å². The second kappa shape index (κ2) is 11.8. The molecule has 0 aliphatic carbocycles. The molecule has 38 heavy (non-hydrogen) atoms. The molecule has 0 saturated carbocycles. The smallest absolute Gasteiger partial charge is 0.253 e. The largest absolute Gasteiger partial charge is 0.336 e. The minimum Gasteiger partial charge on any atom is -0.336 e.